The fourth-order valence-corrected chi connectivity index (χ4v) is 4.68. The van der Waals surface area contributed by atoms with E-state index in [1.807, 2.05) is 54.6 Å². The number of aliphatic hydroxyl groups excluding tert-OH is 2. The van der Waals surface area contributed by atoms with E-state index in [9.17, 15) is 30.0 Å². The van der Waals surface area contributed by atoms with Gasteiger partial charge in [-0.25, -0.2) is 9.59 Å². The number of phenols is 1. The highest BCUT2D eigenvalue weighted by Crippen LogP contribution is 2.35. The van der Waals surface area contributed by atoms with E-state index in [1.165, 1.54) is 18.2 Å². The Balaban J connectivity index is 1.33. The van der Waals surface area contributed by atoms with Crippen LogP contribution in [-0.4, -0.2) is 62.9 Å². The fourth-order valence-electron chi connectivity index (χ4n) is 4.68. The summed E-state index contributed by atoms with van der Waals surface area (Å²) in [5.41, 5.74) is 2.14. The minimum Gasteiger partial charge on any atom is -0.508 e. The molecule has 8 nitrogen and oxygen atoms in total. The second-order valence-corrected chi connectivity index (χ2v) is 9.68. The SMILES string of the molecule is O=C(/C=C/c1ccc(O)cc1)O[C@@H]1C[C@](OCCCc2ccc(-c3ccccc3)cc2)(C(=O)O)C[C@@H](O)[C@H]1O. The van der Waals surface area contributed by atoms with E-state index in [-0.39, 0.29) is 25.2 Å². The number of aliphatic hydroxyl groups is 2. The molecule has 4 rings (SSSR count). The van der Waals surface area contributed by atoms with Gasteiger partial charge in [-0.05, 0) is 53.3 Å². The van der Waals surface area contributed by atoms with Gasteiger partial charge < -0.3 is 29.9 Å². The molecule has 0 radical (unpaired) electrons. The van der Waals surface area contributed by atoms with Gasteiger partial charge in [0, 0.05) is 25.5 Å². The molecule has 39 heavy (non-hydrogen) atoms. The summed E-state index contributed by atoms with van der Waals surface area (Å²) in [5, 5.41) is 40.2. The number of rotatable bonds is 10. The Morgan fingerprint density at radius 2 is 1.56 bits per heavy atom. The summed E-state index contributed by atoms with van der Waals surface area (Å²) in [6.45, 7) is 0.108. The molecule has 3 aromatic rings. The van der Waals surface area contributed by atoms with Gasteiger partial charge in [0.05, 0.1) is 6.10 Å². The first-order chi connectivity index (χ1) is 18.8. The summed E-state index contributed by atoms with van der Waals surface area (Å²) in [7, 11) is 0. The van der Waals surface area contributed by atoms with E-state index in [0.717, 1.165) is 22.8 Å². The number of benzene rings is 3. The van der Waals surface area contributed by atoms with Gasteiger partial charge in [-0.1, -0.05) is 66.7 Å². The molecule has 1 fully saturated rings. The van der Waals surface area contributed by atoms with Crippen LogP contribution in [-0.2, 0) is 25.5 Å². The summed E-state index contributed by atoms with van der Waals surface area (Å²) in [6.07, 6.45) is -0.999. The van der Waals surface area contributed by atoms with Crippen LogP contribution in [0.1, 0.15) is 30.4 Å². The maximum Gasteiger partial charge on any atom is 0.336 e. The first-order valence-corrected chi connectivity index (χ1v) is 12.8. The van der Waals surface area contributed by atoms with Crippen molar-refractivity contribution in [3.8, 4) is 16.9 Å². The normalized spacial score (nSPS) is 23.0. The molecule has 4 atom stereocenters. The van der Waals surface area contributed by atoms with Crippen molar-refractivity contribution in [1.29, 1.82) is 0 Å². The molecule has 0 heterocycles. The molecule has 0 bridgehead atoms. The molecule has 4 N–H and O–H groups in total. The lowest BCUT2D eigenvalue weighted by Crippen LogP contribution is -2.58. The molecule has 0 aromatic heterocycles. The van der Waals surface area contributed by atoms with Gasteiger partial charge in [0.1, 0.15) is 18.0 Å². The van der Waals surface area contributed by atoms with Crippen LogP contribution in [0.2, 0.25) is 0 Å². The summed E-state index contributed by atoms with van der Waals surface area (Å²) < 4.78 is 11.1. The van der Waals surface area contributed by atoms with Gasteiger partial charge in [0.25, 0.3) is 0 Å². The molecule has 0 unspecified atom stereocenters. The van der Waals surface area contributed by atoms with E-state index in [4.69, 9.17) is 9.47 Å². The third-order valence-electron chi connectivity index (χ3n) is 6.86. The number of aliphatic carboxylic acids is 1. The van der Waals surface area contributed by atoms with Gasteiger partial charge in [-0.3, -0.25) is 0 Å². The molecule has 0 aliphatic heterocycles. The molecule has 0 saturated heterocycles. The van der Waals surface area contributed by atoms with Gasteiger partial charge >= 0.3 is 11.9 Å². The second-order valence-electron chi connectivity index (χ2n) is 9.68. The van der Waals surface area contributed by atoms with Crippen molar-refractivity contribution in [1.82, 2.24) is 0 Å². The zero-order chi connectivity index (χ0) is 27.8. The number of carboxylic acids is 1. The van der Waals surface area contributed by atoms with Crippen LogP contribution in [0.15, 0.2) is 84.9 Å². The van der Waals surface area contributed by atoms with Crippen LogP contribution >= 0.6 is 0 Å². The largest absolute Gasteiger partial charge is 0.508 e. The Labute approximate surface area is 226 Å². The number of hydrogen-bond donors (Lipinski definition) is 4. The fraction of sp³-hybridized carbons (Fsp3) is 0.290. The number of carboxylic acid groups (broad SMARTS) is 1. The van der Waals surface area contributed by atoms with E-state index < -0.39 is 35.9 Å². The Bertz CT molecular complexity index is 1270. The first kappa shape index (κ1) is 28.0. The van der Waals surface area contributed by atoms with Crippen molar-refractivity contribution in [2.24, 2.45) is 0 Å². The number of ether oxygens (including phenoxy) is 2. The second kappa shape index (κ2) is 12.7. The third kappa shape index (κ3) is 7.32. The predicted molar refractivity (Wildman–Crippen MR) is 145 cm³/mol. The van der Waals surface area contributed by atoms with Gasteiger partial charge in [0.15, 0.2) is 5.60 Å². The minimum atomic E-state index is -1.80. The third-order valence-corrected chi connectivity index (χ3v) is 6.86. The average Bonchev–Trinajstić information content (AvgIpc) is 2.94. The van der Waals surface area contributed by atoms with Crippen molar-refractivity contribution in [3.63, 3.8) is 0 Å². The van der Waals surface area contributed by atoms with Crippen molar-refractivity contribution < 1.29 is 39.5 Å². The average molecular weight is 533 g/mol. The van der Waals surface area contributed by atoms with Crippen molar-refractivity contribution in [2.45, 2.75) is 49.6 Å². The molecular weight excluding hydrogens is 500 g/mol. The summed E-state index contributed by atoms with van der Waals surface area (Å²) in [5.74, 6) is -2.01. The summed E-state index contributed by atoms with van der Waals surface area (Å²) in [4.78, 5) is 24.6. The lowest BCUT2D eigenvalue weighted by atomic mass is 9.79. The summed E-state index contributed by atoms with van der Waals surface area (Å²) in [6, 6.07) is 24.3. The highest BCUT2D eigenvalue weighted by Gasteiger charge is 2.52. The number of hydrogen-bond acceptors (Lipinski definition) is 7. The van der Waals surface area contributed by atoms with Crippen LogP contribution in [0.4, 0.5) is 0 Å². The monoisotopic (exact) mass is 532 g/mol. The highest BCUT2D eigenvalue weighted by atomic mass is 16.6. The Morgan fingerprint density at radius 3 is 2.23 bits per heavy atom. The first-order valence-electron chi connectivity index (χ1n) is 12.8. The molecule has 204 valence electrons. The smallest absolute Gasteiger partial charge is 0.336 e. The topological polar surface area (TPSA) is 134 Å². The van der Waals surface area contributed by atoms with Crippen molar-refractivity contribution in [3.05, 3.63) is 96.1 Å². The number of carbonyl (C=O) groups is 2. The molecule has 1 aliphatic carbocycles. The van der Waals surface area contributed by atoms with Crippen LogP contribution in [0.25, 0.3) is 17.2 Å². The van der Waals surface area contributed by atoms with E-state index in [2.05, 4.69) is 0 Å². The Hall–Kier alpha value is -3.98. The van der Waals surface area contributed by atoms with Crippen molar-refractivity contribution in [2.75, 3.05) is 6.61 Å². The maximum atomic E-state index is 12.4. The maximum absolute atomic E-state index is 12.4. The van der Waals surface area contributed by atoms with Crippen molar-refractivity contribution >= 4 is 18.0 Å². The molecule has 8 heteroatoms. The standard InChI is InChI=1S/C31H32O8/c32-25-15-10-22(11-16-25)12-17-28(34)39-27-20-31(30(36)37,19-26(33)29(27)35)38-18-4-5-21-8-13-24(14-9-21)23-6-2-1-3-7-23/h1-3,6-17,26-27,29,32-33,35H,4-5,18-20H2,(H,36,37)/b17-12+/t26-,27-,29-,31+/m1/s1. The number of aryl methyl sites for hydroxylation is 1. The Kier molecular flexibility index (Phi) is 9.14. The quantitative estimate of drug-likeness (QED) is 0.175. The molecule has 3 aromatic carbocycles. The van der Waals surface area contributed by atoms with E-state index in [1.54, 1.807) is 12.1 Å². The van der Waals surface area contributed by atoms with Gasteiger partial charge in [-0.15, -0.1) is 0 Å². The molecule has 1 saturated carbocycles. The highest BCUT2D eigenvalue weighted by molar-refractivity contribution is 5.87. The lowest BCUT2D eigenvalue weighted by molar-refractivity contribution is -0.207. The zero-order valence-electron chi connectivity index (χ0n) is 21.3. The van der Waals surface area contributed by atoms with Gasteiger partial charge in [-0.2, -0.15) is 0 Å². The molecular formula is C31H32O8. The van der Waals surface area contributed by atoms with Crippen LogP contribution in [0.3, 0.4) is 0 Å². The number of aromatic hydroxyl groups is 1. The van der Waals surface area contributed by atoms with Crippen LogP contribution in [0, 0.1) is 0 Å². The molecule has 0 spiro atoms. The van der Waals surface area contributed by atoms with Crippen LogP contribution < -0.4 is 0 Å². The van der Waals surface area contributed by atoms with E-state index >= 15 is 0 Å². The molecule has 0 amide bonds. The van der Waals surface area contributed by atoms with Crippen LogP contribution in [0.5, 0.6) is 5.75 Å². The Morgan fingerprint density at radius 1 is 0.897 bits per heavy atom. The summed E-state index contributed by atoms with van der Waals surface area (Å²) >= 11 is 0. The lowest BCUT2D eigenvalue weighted by Gasteiger charge is -2.41. The number of carbonyl (C=O) groups excluding carboxylic acids is 1. The minimum absolute atomic E-state index is 0.0833. The van der Waals surface area contributed by atoms with E-state index in [0.29, 0.717) is 18.4 Å². The van der Waals surface area contributed by atoms with Gasteiger partial charge in [0.2, 0.25) is 0 Å². The predicted octanol–water partition coefficient (Wildman–Crippen LogP) is 3.97. The number of esters is 1. The molecule has 1 aliphatic rings. The zero-order valence-corrected chi connectivity index (χ0v) is 21.3. The number of phenolic OH excluding ortho intramolecular Hbond substituents is 1.